The molecule has 33 heavy (non-hydrogen) atoms. The standard InChI is InChI=1S/C22H26N4O6S/c1-3-32-22(29)15-8-10-25(11-9-15)21(28)20(27)23-19-16-12-33(30,31)13-17(16)24-26(19)18-7-5-4-6-14(18)2/h4-7,15H,3,8-13H2,1-2H3,(H,23,27). The number of esters is 1. The second-order valence-electron chi connectivity index (χ2n) is 8.28. The fraction of sp³-hybridized carbons (Fsp3) is 0.455. The number of hydrogen-bond acceptors (Lipinski definition) is 7. The van der Waals surface area contributed by atoms with E-state index in [0.717, 1.165) is 5.56 Å². The van der Waals surface area contributed by atoms with E-state index < -0.39 is 21.7 Å². The molecule has 2 aromatic rings. The van der Waals surface area contributed by atoms with E-state index in [1.807, 2.05) is 31.2 Å². The second-order valence-corrected chi connectivity index (χ2v) is 10.3. The highest BCUT2D eigenvalue weighted by atomic mass is 32.2. The number of sulfone groups is 1. The summed E-state index contributed by atoms with van der Waals surface area (Å²) in [6, 6.07) is 7.37. The zero-order valence-corrected chi connectivity index (χ0v) is 19.4. The second kappa shape index (κ2) is 8.97. The van der Waals surface area contributed by atoms with Crippen molar-refractivity contribution in [2.24, 2.45) is 5.92 Å². The van der Waals surface area contributed by atoms with Crippen molar-refractivity contribution < 1.29 is 27.5 Å². The zero-order chi connectivity index (χ0) is 23.8. The molecule has 0 atom stereocenters. The third-order valence-corrected chi connectivity index (χ3v) is 7.40. The minimum absolute atomic E-state index is 0.195. The van der Waals surface area contributed by atoms with Gasteiger partial charge in [0, 0.05) is 18.7 Å². The number of benzene rings is 1. The molecule has 1 aromatic heterocycles. The van der Waals surface area contributed by atoms with Crippen molar-refractivity contribution in [2.45, 2.75) is 38.2 Å². The summed E-state index contributed by atoms with van der Waals surface area (Å²) in [6.07, 6.45) is 0.847. The first-order chi connectivity index (χ1) is 15.7. The predicted molar refractivity (Wildman–Crippen MR) is 119 cm³/mol. The summed E-state index contributed by atoms with van der Waals surface area (Å²) < 4.78 is 30.8. The minimum atomic E-state index is -3.36. The molecule has 3 heterocycles. The Morgan fingerprint density at radius 2 is 1.85 bits per heavy atom. The number of likely N-dealkylation sites (tertiary alicyclic amines) is 1. The van der Waals surface area contributed by atoms with Gasteiger partial charge in [-0.25, -0.2) is 13.1 Å². The molecule has 176 valence electrons. The Hall–Kier alpha value is -3.21. The quantitative estimate of drug-likeness (QED) is 0.523. The number of nitrogens with one attached hydrogen (secondary N) is 1. The Bertz CT molecular complexity index is 1210. The van der Waals surface area contributed by atoms with Gasteiger partial charge in [-0.15, -0.1) is 0 Å². The summed E-state index contributed by atoms with van der Waals surface area (Å²) in [7, 11) is -3.36. The summed E-state index contributed by atoms with van der Waals surface area (Å²) in [5.74, 6) is -2.43. The summed E-state index contributed by atoms with van der Waals surface area (Å²) >= 11 is 0. The fourth-order valence-corrected chi connectivity index (χ4v) is 5.72. The Kier molecular flexibility index (Phi) is 6.24. The highest BCUT2D eigenvalue weighted by Crippen LogP contribution is 2.33. The number of ether oxygens (including phenoxy) is 1. The van der Waals surface area contributed by atoms with Gasteiger partial charge in [-0.05, 0) is 38.3 Å². The van der Waals surface area contributed by atoms with Crippen LogP contribution in [0.25, 0.3) is 5.69 Å². The van der Waals surface area contributed by atoms with Gasteiger partial charge in [-0.3, -0.25) is 14.4 Å². The van der Waals surface area contributed by atoms with Gasteiger partial charge in [0.1, 0.15) is 5.82 Å². The number of rotatable bonds is 4. The van der Waals surface area contributed by atoms with E-state index in [-0.39, 0.29) is 42.3 Å². The average molecular weight is 475 g/mol. The van der Waals surface area contributed by atoms with Crippen LogP contribution < -0.4 is 5.32 Å². The van der Waals surface area contributed by atoms with Gasteiger partial charge in [0.25, 0.3) is 0 Å². The van der Waals surface area contributed by atoms with E-state index in [0.29, 0.717) is 36.4 Å². The van der Waals surface area contributed by atoms with Gasteiger partial charge in [0.2, 0.25) is 0 Å². The maximum atomic E-state index is 12.9. The van der Waals surface area contributed by atoms with Gasteiger partial charge in [0.15, 0.2) is 9.84 Å². The summed E-state index contributed by atoms with van der Waals surface area (Å²) in [6.45, 7) is 4.45. The van der Waals surface area contributed by atoms with E-state index in [4.69, 9.17) is 4.74 Å². The largest absolute Gasteiger partial charge is 0.466 e. The molecule has 0 bridgehead atoms. The molecule has 11 heteroatoms. The number of aryl methyl sites for hydroxylation is 1. The van der Waals surface area contributed by atoms with Crippen LogP contribution in [0.4, 0.5) is 5.82 Å². The molecule has 0 unspecified atom stereocenters. The molecule has 2 aliphatic heterocycles. The van der Waals surface area contributed by atoms with Gasteiger partial charge in [-0.2, -0.15) is 5.10 Å². The zero-order valence-electron chi connectivity index (χ0n) is 18.5. The number of amides is 2. The Morgan fingerprint density at radius 1 is 1.15 bits per heavy atom. The number of aromatic nitrogens is 2. The van der Waals surface area contributed by atoms with Crippen LogP contribution in [0.3, 0.4) is 0 Å². The SMILES string of the molecule is CCOC(=O)C1CCN(C(=O)C(=O)Nc2c3c(nn2-c2ccccc2C)CS(=O)(=O)C3)CC1. The Balaban J connectivity index is 1.54. The average Bonchev–Trinajstić information content (AvgIpc) is 3.26. The highest BCUT2D eigenvalue weighted by Gasteiger charge is 2.35. The topological polar surface area (TPSA) is 128 Å². The minimum Gasteiger partial charge on any atom is -0.466 e. The number of carbonyl (C=O) groups is 3. The molecule has 1 aromatic carbocycles. The number of nitrogens with zero attached hydrogens (tertiary/aromatic N) is 3. The van der Waals surface area contributed by atoms with E-state index >= 15 is 0 Å². The molecule has 4 rings (SSSR count). The van der Waals surface area contributed by atoms with Crippen molar-refractivity contribution in [3.8, 4) is 5.69 Å². The summed E-state index contributed by atoms with van der Waals surface area (Å²) in [5, 5.41) is 7.06. The monoisotopic (exact) mass is 474 g/mol. The molecule has 0 saturated carbocycles. The normalized spacial score (nSPS) is 17.5. The molecule has 1 N–H and O–H groups in total. The lowest BCUT2D eigenvalue weighted by Crippen LogP contribution is -2.45. The van der Waals surface area contributed by atoms with Crippen LogP contribution in [0.15, 0.2) is 24.3 Å². The van der Waals surface area contributed by atoms with Crippen LogP contribution in [-0.4, -0.2) is 60.6 Å². The Morgan fingerprint density at radius 3 is 2.52 bits per heavy atom. The van der Waals surface area contributed by atoms with Crippen LogP contribution >= 0.6 is 0 Å². The maximum Gasteiger partial charge on any atom is 0.315 e. The van der Waals surface area contributed by atoms with Crippen LogP contribution in [0.5, 0.6) is 0 Å². The van der Waals surface area contributed by atoms with E-state index in [1.54, 1.807) is 6.92 Å². The van der Waals surface area contributed by atoms with Crippen LogP contribution in [0, 0.1) is 12.8 Å². The third-order valence-electron chi connectivity index (χ3n) is 5.96. The number of hydrogen-bond donors (Lipinski definition) is 1. The smallest absolute Gasteiger partial charge is 0.315 e. The first-order valence-electron chi connectivity index (χ1n) is 10.8. The van der Waals surface area contributed by atoms with Crippen LogP contribution in [-0.2, 0) is 40.5 Å². The molecule has 0 aliphatic carbocycles. The van der Waals surface area contributed by atoms with Crippen molar-refractivity contribution in [2.75, 3.05) is 25.0 Å². The highest BCUT2D eigenvalue weighted by molar-refractivity contribution is 7.90. The summed E-state index contributed by atoms with van der Waals surface area (Å²) in [4.78, 5) is 39.0. The van der Waals surface area contributed by atoms with Crippen molar-refractivity contribution in [1.82, 2.24) is 14.7 Å². The lowest BCUT2D eigenvalue weighted by atomic mass is 9.97. The van der Waals surface area contributed by atoms with Crippen molar-refractivity contribution >= 4 is 33.4 Å². The number of para-hydroxylation sites is 1. The molecule has 10 nitrogen and oxygen atoms in total. The molecule has 0 radical (unpaired) electrons. The van der Waals surface area contributed by atoms with Crippen molar-refractivity contribution in [3.05, 3.63) is 41.1 Å². The van der Waals surface area contributed by atoms with Crippen LogP contribution in [0.1, 0.15) is 36.6 Å². The number of anilines is 1. The number of carbonyl (C=O) groups excluding carboxylic acids is 3. The molecule has 1 saturated heterocycles. The first-order valence-corrected chi connectivity index (χ1v) is 12.7. The predicted octanol–water partition coefficient (Wildman–Crippen LogP) is 1.35. The Labute approximate surface area is 191 Å². The van der Waals surface area contributed by atoms with Crippen molar-refractivity contribution in [3.63, 3.8) is 0 Å². The molecule has 0 spiro atoms. The van der Waals surface area contributed by atoms with Gasteiger partial charge in [0.05, 0.1) is 35.4 Å². The van der Waals surface area contributed by atoms with Crippen LogP contribution in [0.2, 0.25) is 0 Å². The lowest BCUT2D eigenvalue weighted by molar-refractivity contribution is -0.152. The van der Waals surface area contributed by atoms with E-state index in [9.17, 15) is 22.8 Å². The molecule has 1 fully saturated rings. The van der Waals surface area contributed by atoms with Crippen molar-refractivity contribution in [1.29, 1.82) is 0 Å². The molecular weight excluding hydrogens is 448 g/mol. The van der Waals surface area contributed by atoms with Gasteiger partial charge < -0.3 is 15.0 Å². The molecule has 2 amide bonds. The summed E-state index contributed by atoms with van der Waals surface area (Å²) in [5.41, 5.74) is 2.34. The van der Waals surface area contributed by atoms with E-state index in [1.165, 1.54) is 9.58 Å². The molecular formula is C22H26N4O6S. The fourth-order valence-electron chi connectivity index (χ4n) is 4.23. The number of fused-ring (bicyclic) bond motifs is 1. The van der Waals surface area contributed by atoms with Gasteiger partial charge in [-0.1, -0.05) is 18.2 Å². The first kappa shape index (κ1) is 23.0. The molecule has 2 aliphatic rings. The van der Waals surface area contributed by atoms with E-state index in [2.05, 4.69) is 10.4 Å². The lowest BCUT2D eigenvalue weighted by Gasteiger charge is -2.30. The third kappa shape index (κ3) is 4.63. The maximum absolute atomic E-state index is 12.9. The van der Waals surface area contributed by atoms with Gasteiger partial charge >= 0.3 is 17.8 Å². The number of piperidine rings is 1.